The highest BCUT2D eigenvalue weighted by Gasteiger charge is 2.67. The van der Waals surface area contributed by atoms with Gasteiger partial charge in [0.15, 0.2) is 0 Å². The minimum atomic E-state index is -1.09. The zero-order valence-corrected chi connectivity index (χ0v) is 12.7. The Kier molecular flexibility index (Phi) is 2.94. The molecule has 4 atom stereocenters. The zero-order chi connectivity index (χ0) is 15.6. The number of nitrogens with zero attached hydrogens (tertiary/aromatic N) is 1. The second-order valence-electron chi connectivity index (χ2n) is 5.67. The van der Waals surface area contributed by atoms with Crippen molar-refractivity contribution in [2.24, 2.45) is 11.8 Å². The van der Waals surface area contributed by atoms with Crippen LogP contribution >= 0.6 is 23.2 Å². The number of halogens is 2. The van der Waals surface area contributed by atoms with Gasteiger partial charge in [0.2, 0.25) is 11.8 Å². The Morgan fingerprint density at radius 2 is 2.00 bits per heavy atom. The number of imide groups is 1. The van der Waals surface area contributed by atoms with Crippen LogP contribution in [0.1, 0.15) is 0 Å². The molecule has 0 saturated carbocycles. The number of amides is 2. The Labute approximate surface area is 136 Å². The average molecular weight is 340 g/mol. The highest BCUT2D eigenvalue weighted by Crippen LogP contribution is 2.52. The normalized spacial score (nSPS) is 35.6. The summed E-state index contributed by atoms with van der Waals surface area (Å²) in [6.45, 7) is -0.338. The third kappa shape index (κ3) is 1.62. The molecule has 2 fully saturated rings. The van der Waals surface area contributed by atoms with E-state index in [1.165, 1.54) is 6.07 Å². The minimum Gasteiger partial charge on any atom is -0.393 e. The van der Waals surface area contributed by atoms with Crippen molar-refractivity contribution < 1.29 is 19.4 Å². The van der Waals surface area contributed by atoms with Gasteiger partial charge in [-0.3, -0.25) is 9.59 Å². The Hall–Kier alpha value is -1.40. The van der Waals surface area contributed by atoms with Crippen LogP contribution in [0.3, 0.4) is 0 Å². The van der Waals surface area contributed by atoms with Gasteiger partial charge in [-0.05, 0) is 18.2 Å². The van der Waals surface area contributed by atoms with E-state index >= 15 is 0 Å². The van der Waals surface area contributed by atoms with E-state index in [0.29, 0.717) is 10.7 Å². The van der Waals surface area contributed by atoms with Crippen LogP contribution in [0.4, 0.5) is 5.69 Å². The predicted molar refractivity (Wildman–Crippen MR) is 79.8 cm³/mol. The Balaban J connectivity index is 1.77. The van der Waals surface area contributed by atoms with Gasteiger partial charge in [-0.15, -0.1) is 0 Å². The molecule has 4 rings (SSSR count). The fraction of sp³-hybridized carbons (Fsp3) is 0.333. The molecule has 1 aromatic carbocycles. The van der Waals surface area contributed by atoms with E-state index in [1.54, 1.807) is 24.3 Å². The molecule has 3 heterocycles. The summed E-state index contributed by atoms with van der Waals surface area (Å²) in [4.78, 5) is 26.5. The summed E-state index contributed by atoms with van der Waals surface area (Å²) in [6, 6.07) is 4.61. The number of rotatable bonds is 2. The fourth-order valence-corrected chi connectivity index (χ4v) is 3.85. The number of ether oxygens (including phenoxy) is 1. The van der Waals surface area contributed by atoms with Gasteiger partial charge in [0.05, 0.1) is 40.3 Å². The predicted octanol–water partition coefficient (Wildman–Crippen LogP) is 1.80. The summed E-state index contributed by atoms with van der Waals surface area (Å²) >= 11 is 11.8. The van der Waals surface area contributed by atoms with Crippen molar-refractivity contribution in [2.75, 3.05) is 11.5 Å². The summed E-state index contributed by atoms with van der Waals surface area (Å²) in [5, 5.41) is 10.3. The molecule has 0 spiro atoms. The molecule has 7 heteroatoms. The van der Waals surface area contributed by atoms with E-state index in [0.717, 1.165) is 4.90 Å². The third-order valence-corrected chi connectivity index (χ3v) is 5.30. The summed E-state index contributed by atoms with van der Waals surface area (Å²) in [5.74, 6) is -2.01. The van der Waals surface area contributed by atoms with E-state index < -0.39 is 23.5 Å². The number of hydrogen-bond acceptors (Lipinski definition) is 4. The lowest BCUT2D eigenvalue weighted by Gasteiger charge is -2.26. The molecule has 2 bridgehead atoms. The van der Waals surface area contributed by atoms with Gasteiger partial charge in [-0.1, -0.05) is 35.4 Å². The van der Waals surface area contributed by atoms with Crippen molar-refractivity contribution in [1.82, 2.24) is 0 Å². The SMILES string of the molecule is O=C1[C@@H]2[C@@H](C(=O)N1c1ccc(Cl)c(Cl)c1)[C@@]1(CO)C=C[C@H]2O1. The first-order valence-electron chi connectivity index (χ1n) is 6.79. The number of carbonyl (C=O) groups is 2. The minimum absolute atomic E-state index is 0.269. The van der Waals surface area contributed by atoms with Crippen molar-refractivity contribution in [3.8, 4) is 0 Å². The molecule has 0 aliphatic carbocycles. The molecule has 1 N–H and O–H groups in total. The van der Waals surface area contributed by atoms with Crippen LogP contribution < -0.4 is 4.90 Å². The maximum Gasteiger partial charge on any atom is 0.241 e. The second-order valence-corrected chi connectivity index (χ2v) is 6.48. The van der Waals surface area contributed by atoms with Gasteiger partial charge in [0.25, 0.3) is 0 Å². The lowest BCUT2D eigenvalue weighted by molar-refractivity contribution is -0.128. The van der Waals surface area contributed by atoms with Crippen LogP contribution in [0.2, 0.25) is 10.0 Å². The lowest BCUT2D eigenvalue weighted by atomic mass is 9.77. The van der Waals surface area contributed by atoms with Crippen molar-refractivity contribution in [1.29, 1.82) is 0 Å². The maximum atomic E-state index is 12.8. The number of fused-ring (bicyclic) bond motifs is 5. The summed E-state index contributed by atoms with van der Waals surface area (Å²) in [5.41, 5.74) is -0.709. The first-order valence-corrected chi connectivity index (χ1v) is 7.55. The number of aliphatic hydroxyl groups excluding tert-OH is 1. The molecule has 5 nitrogen and oxygen atoms in total. The monoisotopic (exact) mass is 339 g/mol. The highest BCUT2D eigenvalue weighted by molar-refractivity contribution is 6.42. The average Bonchev–Trinajstić information content (AvgIpc) is 3.14. The standard InChI is InChI=1S/C15H11Cl2NO4/c16-8-2-1-7(5-9(8)17)18-13(20)11-10-3-4-15(6-19,22-10)12(11)14(18)21/h1-5,10-12,19H,6H2/t10-,11+,12+,15+/m1/s1. The molecule has 0 aromatic heterocycles. The topological polar surface area (TPSA) is 66.8 Å². The molecule has 1 aromatic rings. The van der Waals surface area contributed by atoms with Crippen LogP contribution in [0.15, 0.2) is 30.4 Å². The highest BCUT2D eigenvalue weighted by atomic mass is 35.5. The molecular formula is C15H11Cl2NO4. The van der Waals surface area contributed by atoms with Gasteiger partial charge in [0, 0.05) is 0 Å². The van der Waals surface area contributed by atoms with Crippen LogP contribution in [-0.4, -0.2) is 35.2 Å². The van der Waals surface area contributed by atoms with Crippen molar-refractivity contribution in [2.45, 2.75) is 11.7 Å². The summed E-state index contributed by atoms with van der Waals surface area (Å²) in [7, 11) is 0. The van der Waals surface area contributed by atoms with E-state index in [9.17, 15) is 14.7 Å². The lowest BCUT2D eigenvalue weighted by Crippen LogP contribution is -2.43. The van der Waals surface area contributed by atoms with Gasteiger partial charge in [0.1, 0.15) is 5.60 Å². The smallest absolute Gasteiger partial charge is 0.241 e. The third-order valence-electron chi connectivity index (χ3n) is 4.56. The van der Waals surface area contributed by atoms with Gasteiger partial charge < -0.3 is 9.84 Å². The van der Waals surface area contributed by atoms with Gasteiger partial charge >= 0.3 is 0 Å². The molecular weight excluding hydrogens is 329 g/mol. The van der Waals surface area contributed by atoms with Crippen molar-refractivity contribution in [3.05, 3.63) is 40.4 Å². The first kappa shape index (κ1) is 14.2. The molecule has 0 unspecified atom stereocenters. The van der Waals surface area contributed by atoms with E-state index in [-0.39, 0.29) is 23.4 Å². The molecule has 3 aliphatic heterocycles. The number of benzene rings is 1. The largest absolute Gasteiger partial charge is 0.393 e. The van der Waals surface area contributed by atoms with E-state index in [2.05, 4.69) is 0 Å². The van der Waals surface area contributed by atoms with Crippen LogP contribution in [0.25, 0.3) is 0 Å². The Bertz CT molecular complexity index is 734. The first-order chi connectivity index (χ1) is 10.5. The molecule has 114 valence electrons. The van der Waals surface area contributed by atoms with Crippen LogP contribution in [0.5, 0.6) is 0 Å². The zero-order valence-electron chi connectivity index (χ0n) is 11.2. The Morgan fingerprint density at radius 3 is 2.68 bits per heavy atom. The summed E-state index contributed by atoms with van der Waals surface area (Å²) in [6.07, 6.45) is 2.95. The molecule has 22 heavy (non-hydrogen) atoms. The number of hydrogen-bond donors (Lipinski definition) is 1. The molecule has 2 amide bonds. The summed E-state index contributed by atoms with van der Waals surface area (Å²) < 4.78 is 5.67. The second kappa shape index (κ2) is 4.55. The van der Waals surface area contributed by atoms with Gasteiger partial charge in [-0.2, -0.15) is 0 Å². The van der Waals surface area contributed by atoms with E-state index in [4.69, 9.17) is 27.9 Å². The van der Waals surface area contributed by atoms with Crippen molar-refractivity contribution >= 4 is 40.7 Å². The quantitative estimate of drug-likeness (QED) is 0.659. The number of carbonyl (C=O) groups excluding carboxylic acids is 2. The van der Waals surface area contributed by atoms with Crippen molar-refractivity contribution in [3.63, 3.8) is 0 Å². The van der Waals surface area contributed by atoms with Gasteiger partial charge in [-0.25, -0.2) is 4.90 Å². The maximum absolute atomic E-state index is 12.8. The molecule has 3 aliphatic rings. The van der Waals surface area contributed by atoms with E-state index in [1.807, 2.05) is 0 Å². The molecule has 0 radical (unpaired) electrons. The fourth-order valence-electron chi connectivity index (χ4n) is 3.56. The number of anilines is 1. The van der Waals surface area contributed by atoms with Crippen LogP contribution in [0, 0.1) is 11.8 Å². The Morgan fingerprint density at radius 1 is 1.23 bits per heavy atom. The van der Waals surface area contributed by atoms with Crippen LogP contribution in [-0.2, 0) is 14.3 Å². The number of aliphatic hydroxyl groups is 1. The molecule has 2 saturated heterocycles.